The molecule has 1 atom stereocenters. The number of nitriles is 1. The lowest BCUT2D eigenvalue weighted by Crippen LogP contribution is -2.21. The van der Waals surface area contributed by atoms with Gasteiger partial charge in [-0.25, -0.2) is 0 Å². The molecule has 0 fully saturated rings. The molecule has 0 spiro atoms. The molecule has 0 aromatic heterocycles. The number of esters is 1. The second kappa shape index (κ2) is 13.0. The molecule has 0 radical (unpaired) electrons. The molecule has 1 unspecified atom stereocenters. The van der Waals surface area contributed by atoms with Gasteiger partial charge >= 0.3 is 5.97 Å². The normalized spacial score (nSPS) is 14.3. The maximum atomic E-state index is 12.5. The highest BCUT2D eigenvalue weighted by Gasteiger charge is 2.31. The molecule has 4 rings (SSSR count). The molecule has 196 valence electrons. The van der Waals surface area contributed by atoms with Crippen molar-refractivity contribution in [2.75, 3.05) is 6.61 Å². The first-order valence-corrected chi connectivity index (χ1v) is 13.3. The van der Waals surface area contributed by atoms with Crippen LogP contribution in [0.2, 0.25) is 5.02 Å². The van der Waals surface area contributed by atoms with Crippen molar-refractivity contribution in [3.63, 3.8) is 0 Å². The van der Waals surface area contributed by atoms with Gasteiger partial charge in [-0.3, -0.25) is 4.79 Å². The van der Waals surface area contributed by atoms with Crippen molar-refractivity contribution in [1.82, 2.24) is 0 Å². The number of benzene rings is 3. The van der Waals surface area contributed by atoms with Crippen molar-refractivity contribution in [1.29, 1.82) is 5.26 Å². The number of carbonyl (C=O) groups is 1. The van der Waals surface area contributed by atoms with Crippen molar-refractivity contribution >= 4 is 17.6 Å². The number of rotatable bonds is 11. The van der Waals surface area contributed by atoms with Gasteiger partial charge in [-0.1, -0.05) is 74.5 Å². The highest BCUT2D eigenvalue weighted by atomic mass is 35.5. The third-order valence-electron chi connectivity index (χ3n) is 6.41. The van der Waals surface area contributed by atoms with Crippen molar-refractivity contribution in [2.24, 2.45) is 5.73 Å². The predicted molar refractivity (Wildman–Crippen MR) is 147 cm³/mol. The van der Waals surface area contributed by atoms with Gasteiger partial charge in [0.15, 0.2) is 0 Å². The molecule has 3 aromatic carbocycles. The van der Waals surface area contributed by atoms with Crippen LogP contribution in [0, 0.1) is 11.3 Å². The Bertz CT molecular complexity index is 1330. The molecule has 0 amide bonds. The van der Waals surface area contributed by atoms with Crippen LogP contribution >= 0.6 is 11.6 Å². The second-order valence-corrected chi connectivity index (χ2v) is 9.67. The number of ether oxygens (including phenoxy) is 3. The maximum Gasteiger partial charge on any atom is 0.315 e. The van der Waals surface area contributed by atoms with E-state index in [4.69, 9.17) is 31.5 Å². The van der Waals surface area contributed by atoms with Crippen LogP contribution < -0.4 is 19.9 Å². The topological polar surface area (TPSA) is 94.6 Å². The quantitative estimate of drug-likeness (QED) is 0.162. The van der Waals surface area contributed by atoms with Crippen molar-refractivity contribution in [2.45, 2.75) is 51.4 Å². The summed E-state index contributed by atoms with van der Waals surface area (Å²) in [5.74, 6) is 0.762. The summed E-state index contributed by atoms with van der Waals surface area (Å²) in [7, 11) is 0. The number of unbranched alkanes of at least 4 members (excludes halogenated alkanes) is 4. The molecular weight excluding hydrogens is 500 g/mol. The molecule has 6 nitrogen and oxygen atoms in total. The maximum absolute atomic E-state index is 12.5. The molecule has 1 aliphatic rings. The number of allylic oxidation sites excluding steroid dienone is 1. The summed E-state index contributed by atoms with van der Waals surface area (Å²) in [5, 5.41) is 10.4. The standard InChI is InChI=1S/C31H31ClN2O4/c1-2-3-4-5-6-17-36-24-13-9-22(10-14-24)30-26-16-15-25(19-28(26)38-31(34)27(30)20-33)37-29(35)18-21-7-11-23(32)12-8-21/h7-16,19,30H,2-6,17-18,34H2,1H3. The van der Waals surface area contributed by atoms with Gasteiger partial charge in [0, 0.05) is 16.7 Å². The zero-order valence-corrected chi connectivity index (χ0v) is 22.2. The predicted octanol–water partition coefficient (Wildman–Crippen LogP) is 7.06. The molecule has 0 bridgehead atoms. The second-order valence-electron chi connectivity index (χ2n) is 9.23. The number of nitrogens with zero attached hydrogens (tertiary/aromatic N) is 1. The minimum absolute atomic E-state index is 0.0297. The van der Waals surface area contributed by atoms with Crippen LogP contribution in [0.15, 0.2) is 78.2 Å². The third-order valence-corrected chi connectivity index (χ3v) is 6.67. The van der Waals surface area contributed by atoms with E-state index in [-0.39, 0.29) is 12.3 Å². The Hall–Kier alpha value is -3.95. The SMILES string of the molecule is CCCCCCCOc1ccc(C2C(C#N)=C(N)Oc3cc(OC(=O)Cc4ccc(Cl)cc4)ccc32)cc1. The van der Waals surface area contributed by atoms with Crippen LogP contribution in [-0.2, 0) is 11.2 Å². The summed E-state index contributed by atoms with van der Waals surface area (Å²) in [6.07, 6.45) is 6.00. The lowest BCUT2D eigenvalue weighted by Gasteiger charge is -2.26. The van der Waals surface area contributed by atoms with Gasteiger partial charge in [-0.05, 0) is 47.9 Å². The van der Waals surface area contributed by atoms with Gasteiger partial charge in [0.2, 0.25) is 5.88 Å². The largest absolute Gasteiger partial charge is 0.494 e. The number of halogens is 1. The Morgan fingerprint density at radius 2 is 1.71 bits per heavy atom. The van der Waals surface area contributed by atoms with E-state index >= 15 is 0 Å². The molecule has 38 heavy (non-hydrogen) atoms. The van der Waals surface area contributed by atoms with Crippen molar-refractivity contribution < 1.29 is 19.0 Å². The monoisotopic (exact) mass is 530 g/mol. The highest BCUT2D eigenvalue weighted by molar-refractivity contribution is 6.30. The zero-order valence-electron chi connectivity index (χ0n) is 21.4. The summed E-state index contributed by atoms with van der Waals surface area (Å²) >= 11 is 5.91. The molecule has 7 heteroatoms. The highest BCUT2D eigenvalue weighted by Crippen LogP contribution is 2.43. The lowest BCUT2D eigenvalue weighted by atomic mass is 9.83. The van der Waals surface area contributed by atoms with Crippen LogP contribution in [-0.4, -0.2) is 12.6 Å². The average molecular weight is 531 g/mol. The first-order valence-electron chi connectivity index (χ1n) is 12.9. The Balaban J connectivity index is 1.46. The lowest BCUT2D eigenvalue weighted by molar-refractivity contribution is -0.133. The first kappa shape index (κ1) is 27.1. The van der Waals surface area contributed by atoms with Crippen LogP contribution in [0.5, 0.6) is 17.2 Å². The van der Waals surface area contributed by atoms with E-state index in [0.717, 1.165) is 28.9 Å². The van der Waals surface area contributed by atoms with E-state index in [9.17, 15) is 10.1 Å². The molecule has 0 aliphatic carbocycles. The molecule has 1 heterocycles. The Morgan fingerprint density at radius 3 is 2.42 bits per heavy atom. The third kappa shape index (κ3) is 6.87. The van der Waals surface area contributed by atoms with E-state index in [2.05, 4.69) is 13.0 Å². The van der Waals surface area contributed by atoms with Crippen LogP contribution in [0.3, 0.4) is 0 Å². The fourth-order valence-electron chi connectivity index (χ4n) is 4.43. The van der Waals surface area contributed by atoms with Gasteiger partial charge in [0.1, 0.15) is 28.9 Å². The van der Waals surface area contributed by atoms with E-state index in [0.29, 0.717) is 28.7 Å². The smallest absolute Gasteiger partial charge is 0.315 e. The molecular formula is C31H31ClN2O4. The summed E-state index contributed by atoms with van der Waals surface area (Å²) < 4.78 is 17.2. The Morgan fingerprint density at radius 1 is 1.00 bits per heavy atom. The van der Waals surface area contributed by atoms with Crippen molar-refractivity contribution in [3.8, 4) is 23.3 Å². The van der Waals surface area contributed by atoms with Gasteiger partial charge in [0.25, 0.3) is 0 Å². The van der Waals surface area contributed by atoms with Gasteiger partial charge in [0.05, 0.1) is 18.9 Å². The number of carbonyl (C=O) groups excluding carboxylic acids is 1. The van der Waals surface area contributed by atoms with E-state index in [1.165, 1.54) is 25.7 Å². The van der Waals surface area contributed by atoms with E-state index < -0.39 is 11.9 Å². The van der Waals surface area contributed by atoms with E-state index in [1.807, 2.05) is 24.3 Å². The summed E-state index contributed by atoms with van der Waals surface area (Å²) in [6.45, 7) is 2.88. The molecule has 0 saturated heterocycles. The Kier molecular flexibility index (Phi) is 9.29. The fraction of sp³-hybridized carbons (Fsp3) is 0.290. The minimum atomic E-state index is -0.415. The zero-order chi connectivity index (χ0) is 26.9. The number of hydrogen-bond acceptors (Lipinski definition) is 6. The average Bonchev–Trinajstić information content (AvgIpc) is 2.91. The number of fused-ring (bicyclic) bond motifs is 1. The van der Waals surface area contributed by atoms with E-state index in [1.54, 1.807) is 42.5 Å². The summed E-state index contributed by atoms with van der Waals surface area (Å²) in [4.78, 5) is 12.5. The summed E-state index contributed by atoms with van der Waals surface area (Å²) in [6, 6.07) is 22.0. The molecule has 2 N–H and O–H groups in total. The van der Waals surface area contributed by atoms with Crippen LogP contribution in [0.1, 0.15) is 61.6 Å². The molecule has 0 saturated carbocycles. The minimum Gasteiger partial charge on any atom is -0.494 e. The van der Waals surface area contributed by atoms with Gasteiger partial charge < -0.3 is 19.9 Å². The number of hydrogen-bond donors (Lipinski definition) is 1. The number of nitrogens with two attached hydrogens (primary N) is 1. The van der Waals surface area contributed by atoms with Gasteiger partial charge in [-0.2, -0.15) is 5.26 Å². The molecule has 3 aromatic rings. The van der Waals surface area contributed by atoms with Crippen LogP contribution in [0.25, 0.3) is 0 Å². The van der Waals surface area contributed by atoms with Crippen LogP contribution in [0.4, 0.5) is 0 Å². The molecule has 1 aliphatic heterocycles. The first-order chi connectivity index (χ1) is 18.5. The summed E-state index contributed by atoms with van der Waals surface area (Å²) in [5.41, 5.74) is 8.91. The Labute approximate surface area is 228 Å². The fourth-order valence-corrected chi connectivity index (χ4v) is 4.56. The van der Waals surface area contributed by atoms with Gasteiger partial charge in [-0.15, -0.1) is 0 Å². The van der Waals surface area contributed by atoms with Crippen molar-refractivity contribution in [3.05, 3.63) is 99.9 Å².